The Labute approximate surface area is 138 Å². The lowest BCUT2D eigenvalue weighted by Crippen LogP contribution is -2.48. The third-order valence-electron chi connectivity index (χ3n) is 4.41. The molecule has 1 aromatic heterocycles. The molecule has 1 aliphatic heterocycles. The van der Waals surface area contributed by atoms with Crippen molar-refractivity contribution >= 4 is 15.9 Å². The minimum atomic E-state index is -3.64. The van der Waals surface area contributed by atoms with Crippen LogP contribution in [0.25, 0.3) is 0 Å². The second-order valence-corrected chi connectivity index (χ2v) is 8.43. The number of piperidine rings is 1. The van der Waals surface area contributed by atoms with Gasteiger partial charge in [-0.1, -0.05) is 6.92 Å². The molecule has 1 saturated heterocycles. The van der Waals surface area contributed by atoms with Gasteiger partial charge in [-0.05, 0) is 19.8 Å². The molecule has 1 aromatic rings. The lowest BCUT2D eigenvalue weighted by atomic mass is 10.1. The van der Waals surface area contributed by atoms with Crippen LogP contribution in [0, 0.1) is 0 Å². The first kappa shape index (κ1) is 17.9. The summed E-state index contributed by atoms with van der Waals surface area (Å²) in [7, 11) is -0.490. The molecule has 0 bridgehead atoms. The molecule has 0 spiro atoms. The Kier molecular flexibility index (Phi) is 5.46. The number of hydrogen-bond donors (Lipinski definition) is 0. The molecule has 7 nitrogen and oxygen atoms in total. The zero-order valence-electron chi connectivity index (χ0n) is 14.3. The van der Waals surface area contributed by atoms with Gasteiger partial charge in [0.25, 0.3) is 0 Å². The van der Waals surface area contributed by atoms with Crippen molar-refractivity contribution in [3.63, 3.8) is 0 Å². The monoisotopic (exact) mass is 342 g/mol. The summed E-state index contributed by atoms with van der Waals surface area (Å²) >= 11 is 0. The number of aromatic nitrogens is 2. The van der Waals surface area contributed by atoms with E-state index in [-0.39, 0.29) is 11.9 Å². The molecule has 0 aliphatic carbocycles. The van der Waals surface area contributed by atoms with Gasteiger partial charge in [-0.2, -0.15) is 4.31 Å². The van der Waals surface area contributed by atoms with Crippen LogP contribution < -0.4 is 0 Å². The summed E-state index contributed by atoms with van der Waals surface area (Å²) in [6.45, 7) is 4.38. The minimum absolute atomic E-state index is 0.0811. The van der Waals surface area contributed by atoms with Crippen molar-refractivity contribution in [3.8, 4) is 0 Å². The molecule has 0 unspecified atom stereocenters. The quantitative estimate of drug-likeness (QED) is 0.796. The number of sulfonamides is 1. The van der Waals surface area contributed by atoms with E-state index in [4.69, 9.17) is 0 Å². The summed E-state index contributed by atoms with van der Waals surface area (Å²) in [5, 5.41) is -1.05. The van der Waals surface area contributed by atoms with E-state index in [0.29, 0.717) is 13.1 Å². The molecule has 0 saturated carbocycles. The molecule has 0 N–H and O–H groups in total. The molecule has 1 fully saturated rings. The van der Waals surface area contributed by atoms with Crippen LogP contribution in [-0.4, -0.2) is 65.5 Å². The number of imidazole rings is 1. The van der Waals surface area contributed by atoms with Crippen molar-refractivity contribution in [2.75, 3.05) is 27.2 Å². The maximum Gasteiger partial charge on any atom is 0.241 e. The van der Waals surface area contributed by atoms with E-state index in [0.717, 1.165) is 25.1 Å². The smallest absolute Gasteiger partial charge is 0.241 e. The fourth-order valence-corrected chi connectivity index (χ4v) is 4.72. The van der Waals surface area contributed by atoms with Crippen molar-refractivity contribution in [2.45, 2.75) is 44.4 Å². The average Bonchev–Trinajstić information content (AvgIpc) is 3.02. The van der Waals surface area contributed by atoms with Crippen LogP contribution in [0.1, 0.15) is 38.6 Å². The summed E-state index contributed by atoms with van der Waals surface area (Å²) in [5.41, 5.74) is 0. The summed E-state index contributed by atoms with van der Waals surface area (Å²) in [6.07, 6.45) is 6.18. The predicted molar refractivity (Wildman–Crippen MR) is 88.5 cm³/mol. The van der Waals surface area contributed by atoms with Gasteiger partial charge in [0.1, 0.15) is 5.82 Å². The Balaban J connectivity index is 2.19. The van der Waals surface area contributed by atoms with Gasteiger partial charge in [-0.15, -0.1) is 0 Å². The summed E-state index contributed by atoms with van der Waals surface area (Å²) in [4.78, 5) is 17.7. The minimum Gasteiger partial charge on any atom is -0.348 e. The largest absolute Gasteiger partial charge is 0.348 e. The molecule has 23 heavy (non-hydrogen) atoms. The van der Waals surface area contributed by atoms with Crippen molar-refractivity contribution in [1.82, 2.24) is 18.8 Å². The normalized spacial score (nSPS) is 21.1. The first-order valence-corrected chi connectivity index (χ1v) is 9.51. The van der Waals surface area contributed by atoms with Crippen LogP contribution in [0.15, 0.2) is 12.4 Å². The zero-order valence-corrected chi connectivity index (χ0v) is 15.1. The van der Waals surface area contributed by atoms with E-state index < -0.39 is 15.3 Å². The Morgan fingerprint density at radius 1 is 1.48 bits per heavy atom. The highest BCUT2D eigenvalue weighted by Gasteiger charge is 2.37. The Bertz CT molecular complexity index is 653. The number of hydrogen-bond acceptors (Lipinski definition) is 4. The molecular formula is C15H26N4O3S. The Hall–Kier alpha value is -1.41. The van der Waals surface area contributed by atoms with E-state index in [2.05, 4.69) is 9.55 Å². The summed E-state index contributed by atoms with van der Waals surface area (Å²) in [5.74, 6) is 0.579. The van der Waals surface area contributed by atoms with Gasteiger partial charge in [-0.3, -0.25) is 4.79 Å². The summed E-state index contributed by atoms with van der Waals surface area (Å²) in [6, 6.07) is 0.0811. The van der Waals surface area contributed by atoms with Crippen LogP contribution in [-0.2, 0) is 21.2 Å². The molecule has 2 heterocycles. The maximum atomic E-state index is 12.8. The van der Waals surface area contributed by atoms with Gasteiger partial charge in [-0.25, -0.2) is 13.4 Å². The molecule has 2 atom stereocenters. The lowest BCUT2D eigenvalue weighted by Gasteiger charge is -2.34. The standard InChI is InChI=1S/C15H26N4O3S/c1-5-14-16-8-10-19(14)13-7-6-9-18(11-13)23(21,22)12(2)15(20)17(3)4/h8,10,12-13H,5-7,9,11H2,1-4H3/t12-,13-/m1/s1. The van der Waals surface area contributed by atoms with Gasteiger partial charge in [0.05, 0.1) is 0 Å². The molecule has 0 radical (unpaired) electrons. The van der Waals surface area contributed by atoms with Crippen LogP contribution in [0.4, 0.5) is 0 Å². The van der Waals surface area contributed by atoms with Gasteiger partial charge in [0, 0.05) is 52.0 Å². The van der Waals surface area contributed by atoms with E-state index in [1.807, 2.05) is 13.1 Å². The lowest BCUT2D eigenvalue weighted by molar-refractivity contribution is -0.128. The molecule has 8 heteroatoms. The number of nitrogens with zero attached hydrogens (tertiary/aromatic N) is 4. The van der Waals surface area contributed by atoms with Crippen LogP contribution >= 0.6 is 0 Å². The number of amides is 1. The number of aryl methyl sites for hydroxylation is 1. The van der Waals surface area contributed by atoms with Gasteiger partial charge >= 0.3 is 0 Å². The third kappa shape index (κ3) is 3.58. The van der Waals surface area contributed by atoms with Crippen LogP contribution in [0.2, 0.25) is 0 Å². The van der Waals surface area contributed by atoms with E-state index in [1.165, 1.54) is 16.1 Å². The SMILES string of the molecule is CCc1nccn1[C@@H]1CCCN(S(=O)(=O)[C@H](C)C(=O)N(C)C)C1. The van der Waals surface area contributed by atoms with E-state index in [1.54, 1.807) is 20.3 Å². The molecule has 2 rings (SSSR count). The predicted octanol–water partition coefficient (Wildman–Crippen LogP) is 0.889. The number of carbonyl (C=O) groups is 1. The molecular weight excluding hydrogens is 316 g/mol. The second-order valence-electron chi connectivity index (χ2n) is 6.18. The van der Waals surface area contributed by atoms with Crippen molar-refractivity contribution in [2.24, 2.45) is 0 Å². The topological polar surface area (TPSA) is 75.5 Å². The Morgan fingerprint density at radius 2 is 2.17 bits per heavy atom. The summed E-state index contributed by atoms with van der Waals surface area (Å²) < 4.78 is 29.0. The van der Waals surface area contributed by atoms with Gasteiger partial charge in [0.15, 0.2) is 5.25 Å². The highest BCUT2D eigenvalue weighted by molar-refractivity contribution is 7.90. The van der Waals surface area contributed by atoms with Crippen LogP contribution in [0.5, 0.6) is 0 Å². The fourth-order valence-electron chi connectivity index (χ4n) is 3.04. The molecule has 1 aliphatic rings. The first-order valence-electron chi connectivity index (χ1n) is 8.00. The van der Waals surface area contributed by atoms with Gasteiger partial charge in [0.2, 0.25) is 15.9 Å². The highest BCUT2D eigenvalue weighted by atomic mass is 32.2. The van der Waals surface area contributed by atoms with Crippen molar-refractivity contribution in [1.29, 1.82) is 0 Å². The number of carbonyl (C=O) groups excluding carboxylic acids is 1. The van der Waals surface area contributed by atoms with Gasteiger partial charge < -0.3 is 9.47 Å². The molecule has 0 aromatic carbocycles. The number of rotatable bonds is 5. The average molecular weight is 342 g/mol. The zero-order chi connectivity index (χ0) is 17.2. The second kappa shape index (κ2) is 7.00. The van der Waals surface area contributed by atoms with Crippen LogP contribution in [0.3, 0.4) is 0 Å². The fraction of sp³-hybridized carbons (Fsp3) is 0.733. The highest BCUT2D eigenvalue weighted by Crippen LogP contribution is 2.26. The third-order valence-corrected chi connectivity index (χ3v) is 6.56. The molecule has 130 valence electrons. The maximum absolute atomic E-state index is 12.8. The van der Waals surface area contributed by atoms with Crippen molar-refractivity contribution < 1.29 is 13.2 Å². The van der Waals surface area contributed by atoms with E-state index >= 15 is 0 Å². The van der Waals surface area contributed by atoms with Crippen molar-refractivity contribution in [3.05, 3.63) is 18.2 Å². The van der Waals surface area contributed by atoms with E-state index in [9.17, 15) is 13.2 Å². The first-order chi connectivity index (χ1) is 10.8. The Morgan fingerprint density at radius 3 is 2.78 bits per heavy atom. The molecule has 1 amide bonds.